The van der Waals surface area contributed by atoms with Crippen LogP contribution >= 0.6 is 0 Å². The summed E-state index contributed by atoms with van der Waals surface area (Å²) < 4.78 is 10.9. The van der Waals surface area contributed by atoms with Crippen LogP contribution in [0.2, 0.25) is 0 Å². The van der Waals surface area contributed by atoms with Gasteiger partial charge in [0.05, 0.1) is 5.41 Å². The molecule has 1 fully saturated rings. The summed E-state index contributed by atoms with van der Waals surface area (Å²) in [5.74, 6) is 2.31. The summed E-state index contributed by atoms with van der Waals surface area (Å²) in [7, 11) is 0. The molecule has 1 saturated carbocycles. The highest BCUT2D eigenvalue weighted by molar-refractivity contribution is 5.94. The maximum atomic E-state index is 13.2. The Labute approximate surface area is 177 Å². The van der Waals surface area contributed by atoms with Gasteiger partial charge in [-0.25, -0.2) is 0 Å². The summed E-state index contributed by atoms with van der Waals surface area (Å²) in [5, 5.41) is 0. The van der Waals surface area contributed by atoms with Crippen molar-refractivity contribution in [2.45, 2.75) is 44.4 Å². The average molecular weight is 399 g/mol. The number of rotatable bonds is 6. The molecule has 3 heteroatoms. The molecule has 5 rings (SSSR count). The highest BCUT2D eigenvalue weighted by atomic mass is 16.7. The number of fused-ring (bicyclic) bond motifs is 1. The maximum absolute atomic E-state index is 13.2. The van der Waals surface area contributed by atoms with Crippen LogP contribution < -0.4 is 9.47 Å². The van der Waals surface area contributed by atoms with Crippen LogP contribution in [0.4, 0.5) is 0 Å². The van der Waals surface area contributed by atoms with Crippen molar-refractivity contribution in [1.29, 1.82) is 0 Å². The fourth-order valence-corrected chi connectivity index (χ4v) is 4.29. The van der Waals surface area contributed by atoms with Gasteiger partial charge in [-0.15, -0.1) is 0 Å². The van der Waals surface area contributed by atoms with Crippen molar-refractivity contribution < 1.29 is 14.3 Å². The van der Waals surface area contributed by atoms with Crippen molar-refractivity contribution in [1.82, 2.24) is 0 Å². The second kappa shape index (κ2) is 7.32. The monoisotopic (exact) mass is 398 g/mol. The Morgan fingerprint density at radius 2 is 1.67 bits per heavy atom. The predicted molar refractivity (Wildman–Crippen MR) is 118 cm³/mol. The number of hydrogen-bond acceptors (Lipinski definition) is 3. The van der Waals surface area contributed by atoms with Gasteiger partial charge in [0.15, 0.2) is 11.5 Å². The topological polar surface area (TPSA) is 35.5 Å². The molecule has 152 valence electrons. The van der Waals surface area contributed by atoms with Gasteiger partial charge in [0, 0.05) is 6.42 Å². The van der Waals surface area contributed by atoms with Crippen molar-refractivity contribution in [3.63, 3.8) is 0 Å². The van der Waals surface area contributed by atoms with Crippen LogP contribution in [0.5, 0.6) is 11.5 Å². The van der Waals surface area contributed by atoms with Gasteiger partial charge in [-0.2, -0.15) is 0 Å². The van der Waals surface area contributed by atoms with Gasteiger partial charge in [0.1, 0.15) is 5.78 Å². The Balaban J connectivity index is 1.33. The molecule has 0 spiro atoms. The minimum Gasteiger partial charge on any atom is -0.454 e. The van der Waals surface area contributed by atoms with Crippen LogP contribution in [0, 0.1) is 0 Å². The zero-order valence-electron chi connectivity index (χ0n) is 17.5. The van der Waals surface area contributed by atoms with Gasteiger partial charge in [-0.1, -0.05) is 68.4 Å². The molecule has 0 bridgehead atoms. The van der Waals surface area contributed by atoms with E-state index in [4.69, 9.17) is 9.47 Å². The zero-order valence-corrected chi connectivity index (χ0v) is 17.5. The van der Waals surface area contributed by atoms with E-state index in [0.29, 0.717) is 12.3 Å². The van der Waals surface area contributed by atoms with Gasteiger partial charge >= 0.3 is 0 Å². The number of ketones is 1. The predicted octanol–water partition coefficient (Wildman–Crippen LogP) is 6.05. The van der Waals surface area contributed by atoms with Crippen LogP contribution in [0.1, 0.15) is 49.3 Å². The lowest BCUT2D eigenvalue weighted by atomic mass is 9.87. The lowest BCUT2D eigenvalue weighted by Crippen LogP contribution is -2.22. The molecular weight excluding hydrogens is 372 g/mol. The van der Waals surface area contributed by atoms with Gasteiger partial charge in [-0.05, 0) is 58.7 Å². The van der Waals surface area contributed by atoms with Gasteiger partial charge in [0.2, 0.25) is 6.79 Å². The summed E-state index contributed by atoms with van der Waals surface area (Å²) in [5.41, 5.74) is 5.51. The second-order valence-electron chi connectivity index (χ2n) is 8.73. The first kappa shape index (κ1) is 18.9. The molecule has 0 radical (unpaired) electrons. The number of ether oxygens (including phenoxy) is 2. The number of hydrogen-bond donors (Lipinski definition) is 0. The van der Waals surface area contributed by atoms with Crippen molar-refractivity contribution in [3.8, 4) is 22.6 Å². The zero-order chi connectivity index (χ0) is 20.7. The van der Waals surface area contributed by atoms with E-state index in [1.165, 1.54) is 16.7 Å². The molecule has 0 atom stereocenters. The Kier molecular flexibility index (Phi) is 4.62. The molecule has 0 unspecified atom stereocenters. The van der Waals surface area contributed by atoms with Crippen molar-refractivity contribution in [2.24, 2.45) is 0 Å². The van der Waals surface area contributed by atoms with Crippen LogP contribution in [-0.4, -0.2) is 12.6 Å². The molecule has 0 N–H and O–H groups in total. The Morgan fingerprint density at radius 1 is 0.900 bits per heavy atom. The van der Waals surface area contributed by atoms with Crippen molar-refractivity contribution in [2.75, 3.05) is 6.79 Å². The second-order valence-corrected chi connectivity index (χ2v) is 8.73. The fraction of sp³-hybridized carbons (Fsp3) is 0.296. The third kappa shape index (κ3) is 3.39. The molecule has 1 aliphatic heterocycles. The highest BCUT2D eigenvalue weighted by Gasteiger charge is 2.50. The molecule has 1 aliphatic carbocycles. The van der Waals surface area contributed by atoms with Gasteiger partial charge < -0.3 is 9.47 Å². The third-order valence-electron chi connectivity index (χ3n) is 6.41. The van der Waals surface area contributed by atoms with Crippen LogP contribution in [0.25, 0.3) is 11.1 Å². The first-order valence-electron chi connectivity index (χ1n) is 10.7. The lowest BCUT2D eigenvalue weighted by molar-refractivity contribution is -0.120. The molecule has 30 heavy (non-hydrogen) atoms. The first-order valence-corrected chi connectivity index (χ1v) is 10.7. The maximum Gasteiger partial charge on any atom is 0.231 e. The average Bonchev–Trinajstić information content (AvgIpc) is 3.45. The Morgan fingerprint density at radius 3 is 2.40 bits per heavy atom. The molecule has 1 heterocycles. The molecule has 0 aromatic heterocycles. The highest BCUT2D eigenvalue weighted by Crippen LogP contribution is 2.51. The summed E-state index contributed by atoms with van der Waals surface area (Å²) in [6.07, 6.45) is 2.28. The molecule has 2 aliphatic rings. The normalized spacial score (nSPS) is 16.0. The lowest BCUT2D eigenvalue weighted by Gasteiger charge is -2.15. The summed E-state index contributed by atoms with van der Waals surface area (Å²) in [6, 6.07) is 23.0. The number of carbonyl (C=O) groups excluding carboxylic acids is 1. The Hall–Kier alpha value is -3.07. The molecule has 3 aromatic carbocycles. The van der Waals surface area contributed by atoms with Gasteiger partial charge in [-0.3, -0.25) is 4.79 Å². The van der Waals surface area contributed by atoms with E-state index in [1.807, 2.05) is 18.2 Å². The SMILES string of the molecule is CC(C)c1cccc(-c2ccc(CC(=O)C3(c4ccc5c(c4)OCO5)CC3)cc2)c1. The number of carbonyl (C=O) groups is 1. The van der Waals surface area contributed by atoms with Crippen LogP contribution in [0.3, 0.4) is 0 Å². The molecule has 3 nitrogen and oxygen atoms in total. The smallest absolute Gasteiger partial charge is 0.231 e. The van der Waals surface area contributed by atoms with Crippen LogP contribution in [0.15, 0.2) is 66.7 Å². The van der Waals surface area contributed by atoms with E-state index in [0.717, 1.165) is 35.5 Å². The van der Waals surface area contributed by atoms with E-state index in [1.54, 1.807) is 0 Å². The van der Waals surface area contributed by atoms with Crippen molar-refractivity contribution >= 4 is 5.78 Å². The van der Waals surface area contributed by atoms with Crippen LogP contribution in [-0.2, 0) is 16.6 Å². The number of Topliss-reactive ketones (excluding diaryl/α,β-unsaturated/α-hetero) is 1. The third-order valence-corrected chi connectivity index (χ3v) is 6.41. The molecule has 0 amide bonds. The Bertz CT molecular complexity index is 1090. The quantitative estimate of drug-likeness (QED) is 0.507. The molecule has 0 saturated heterocycles. The van der Waals surface area contributed by atoms with E-state index in [-0.39, 0.29) is 18.0 Å². The summed E-state index contributed by atoms with van der Waals surface area (Å²) >= 11 is 0. The molecular formula is C27H26O3. The standard InChI is InChI=1S/C27H26O3/c1-18(2)21-4-3-5-22(15-21)20-8-6-19(7-9-20)14-26(28)27(12-13-27)23-10-11-24-25(16-23)30-17-29-24/h3-11,15-16,18H,12-14,17H2,1-2H3. The minimum atomic E-state index is -0.356. The van der Waals surface area contributed by atoms with E-state index < -0.39 is 0 Å². The van der Waals surface area contributed by atoms with E-state index >= 15 is 0 Å². The fourth-order valence-electron chi connectivity index (χ4n) is 4.29. The van der Waals surface area contributed by atoms with E-state index in [9.17, 15) is 4.79 Å². The minimum absolute atomic E-state index is 0.256. The molecule has 3 aromatic rings. The first-order chi connectivity index (χ1) is 14.5. The summed E-state index contributed by atoms with van der Waals surface area (Å²) in [6.45, 7) is 4.68. The number of benzene rings is 3. The van der Waals surface area contributed by atoms with Crippen molar-refractivity contribution in [3.05, 3.63) is 83.4 Å². The summed E-state index contributed by atoms with van der Waals surface area (Å²) in [4.78, 5) is 13.2. The largest absolute Gasteiger partial charge is 0.454 e. The van der Waals surface area contributed by atoms with Gasteiger partial charge in [0.25, 0.3) is 0 Å². The van der Waals surface area contributed by atoms with E-state index in [2.05, 4.69) is 62.4 Å².